The third-order valence-corrected chi connectivity index (χ3v) is 9.51. The lowest BCUT2D eigenvalue weighted by Crippen LogP contribution is -2.59. The highest BCUT2D eigenvalue weighted by molar-refractivity contribution is 5.04. The zero-order chi connectivity index (χ0) is 20.2. The Morgan fingerprint density at radius 1 is 0.778 bits per heavy atom. The van der Waals surface area contributed by atoms with E-state index in [9.17, 15) is 0 Å². The van der Waals surface area contributed by atoms with Gasteiger partial charge in [-0.2, -0.15) is 0 Å². The fraction of sp³-hybridized carbons (Fsp3) is 1.00. The summed E-state index contributed by atoms with van der Waals surface area (Å²) in [4.78, 5) is 2.77. The molecule has 0 spiro atoms. The molecule has 158 valence electrons. The van der Waals surface area contributed by atoms with E-state index >= 15 is 0 Å². The molecule has 4 fully saturated rings. The van der Waals surface area contributed by atoms with Crippen molar-refractivity contribution in [2.75, 3.05) is 32.7 Å². The van der Waals surface area contributed by atoms with Crippen LogP contribution in [0, 0.1) is 35.5 Å². The molecule has 0 amide bonds. The van der Waals surface area contributed by atoms with Crippen molar-refractivity contribution in [3.8, 4) is 0 Å². The van der Waals surface area contributed by atoms with Crippen LogP contribution in [0.5, 0.6) is 0 Å². The molecule has 7 unspecified atom stereocenters. The molecule has 0 aromatic rings. The SMILES string of the molecule is CCC1C2CCC(C1CN(CC)C(C)(C)C)C1C[N+](CC)(C(C)(C)C)CC21. The Hall–Kier alpha value is -0.0800. The molecule has 4 rings (SSSR count). The van der Waals surface area contributed by atoms with Crippen LogP contribution in [-0.4, -0.2) is 53.2 Å². The van der Waals surface area contributed by atoms with Crippen LogP contribution in [0.4, 0.5) is 0 Å². The van der Waals surface area contributed by atoms with E-state index in [2.05, 4.69) is 67.2 Å². The molecule has 0 aromatic carbocycles. The van der Waals surface area contributed by atoms with Gasteiger partial charge in [-0.05, 0) is 91.5 Å². The van der Waals surface area contributed by atoms with Gasteiger partial charge in [-0.3, -0.25) is 4.90 Å². The Balaban J connectivity index is 1.89. The summed E-state index contributed by atoms with van der Waals surface area (Å²) in [5.74, 6) is 5.89. The summed E-state index contributed by atoms with van der Waals surface area (Å²) in [5.41, 5.74) is 0.692. The van der Waals surface area contributed by atoms with Gasteiger partial charge in [0.25, 0.3) is 0 Å². The number of nitrogens with zero attached hydrogens (tertiary/aromatic N) is 2. The standard InChI is InChI=1S/C25H49N2/c1-10-18-19-13-14-20(21(18)15-26(11-2)24(4,5)6)23-17-27(12-3,16-22(19)23)25(7,8)9/h18-23H,10-17H2,1-9H3/q+1. The van der Waals surface area contributed by atoms with E-state index in [-0.39, 0.29) is 0 Å². The Labute approximate surface area is 170 Å². The molecule has 7 atom stereocenters. The van der Waals surface area contributed by atoms with E-state index < -0.39 is 0 Å². The van der Waals surface area contributed by atoms with Crippen LogP contribution in [0.3, 0.4) is 0 Å². The summed E-state index contributed by atoms with van der Waals surface area (Å²) in [7, 11) is 0. The van der Waals surface area contributed by atoms with Gasteiger partial charge in [-0.1, -0.05) is 20.3 Å². The molecular weight excluding hydrogens is 328 g/mol. The molecule has 2 bridgehead atoms. The van der Waals surface area contributed by atoms with Crippen LogP contribution in [0.15, 0.2) is 0 Å². The minimum absolute atomic E-state index is 0.299. The Kier molecular flexibility index (Phi) is 5.86. The first-order chi connectivity index (χ1) is 12.5. The maximum absolute atomic E-state index is 2.77. The normalized spacial score (nSPS) is 42.0. The van der Waals surface area contributed by atoms with Crippen molar-refractivity contribution < 1.29 is 4.48 Å². The number of hydrogen-bond donors (Lipinski definition) is 0. The number of hydrogen-bond acceptors (Lipinski definition) is 1. The highest BCUT2D eigenvalue weighted by Crippen LogP contribution is 2.60. The number of quaternary nitrogens is 1. The third kappa shape index (κ3) is 3.52. The van der Waals surface area contributed by atoms with Gasteiger partial charge in [0, 0.05) is 23.9 Å². The zero-order valence-electron chi connectivity index (χ0n) is 20.0. The van der Waals surface area contributed by atoms with Crippen LogP contribution in [0.2, 0.25) is 0 Å². The topological polar surface area (TPSA) is 3.24 Å². The van der Waals surface area contributed by atoms with Gasteiger partial charge in [0.15, 0.2) is 0 Å². The maximum Gasteiger partial charge on any atom is 0.0907 e. The average molecular weight is 378 g/mol. The number of rotatable bonds is 5. The van der Waals surface area contributed by atoms with Crippen molar-refractivity contribution in [3.63, 3.8) is 0 Å². The highest BCUT2D eigenvalue weighted by Gasteiger charge is 2.62. The molecule has 3 aliphatic carbocycles. The van der Waals surface area contributed by atoms with Crippen molar-refractivity contribution in [1.29, 1.82) is 0 Å². The maximum atomic E-state index is 2.77. The lowest BCUT2D eigenvalue weighted by Gasteiger charge is -2.55. The minimum atomic E-state index is 0.299. The van der Waals surface area contributed by atoms with Crippen LogP contribution in [0.1, 0.15) is 81.6 Å². The van der Waals surface area contributed by atoms with Crippen molar-refractivity contribution in [2.24, 2.45) is 35.5 Å². The van der Waals surface area contributed by atoms with Crippen LogP contribution < -0.4 is 0 Å². The van der Waals surface area contributed by atoms with E-state index in [1.165, 1.54) is 56.5 Å². The second kappa shape index (κ2) is 7.31. The Morgan fingerprint density at radius 3 is 1.67 bits per heavy atom. The molecule has 27 heavy (non-hydrogen) atoms. The van der Waals surface area contributed by atoms with Gasteiger partial charge in [0.1, 0.15) is 0 Å². The predicted octanol–water partition coefficient (Wildman–Crippen LogP) is 5.67. The van der Waals surface area contributed by atoms with E-state index in [1.807, 2.05) is 0 Å². The minimum Gasteiger partial charge on any atom is -0.319 e. The first-order valence-electron chi connectivity index (χ1n) is 12.1. The first kappa shape index (κ1) is 21.6. The fourth-order valence-corrected chi connectivity index (χ4v) is 7.86. The van der Waals surface area contributed by atoms with Crippen LogP contribution in [0.25, 0.3) is 0 Å². The van der Waals surface area contributed by atoms with Gasteiger partial charge in [-0.15, -0.1) is 0 Å². The van der Waals surface area contributed by atoms with Gasteiger partial charge in [-0.25, -0.2) is 0 Å². The third-order valence-electron chi connectivity index (χ3n) is 9.51. The second-order valence-corrected chi connectivity index (χ2v) is 12.2. The van der Waals surface area contributed by atoms with E-state index in [0.717, 1.165) is 35.5 Å². The zero-order valence-corrected chi connectivity index (χ0v) is 20.0. The van der Waals surface area contributed by atoms with Crippen molar-refractivity contribution >= 4 is 0 Å². The Bertz CT molecular complexity index is 513. The summed E-state index contributed by atoms with van der Waals surface area (Å²) in [5, 5.41) is 0. The Morgan fingerprint density at radius 2 is 1.30 bits per heavy atom. The summed E-state index contributed by atoms with van der Waals surface area (Å²) in [6, 6.07) is 0. The highest BCUT2D eigenvalue weighted by atomic mass is 15.4. The van der Waals surface area contributed by atoms with Crippen LogP contribution >= 0.6 is 0 Å². The van der Waals surface area contributed by atoms with Gasteiger partial charge < -0.3 is 4.48 Å². The molecule has 1 heterocycles. The van der Waals surface area contributed by atoms with Crippen LogP contribution in [-0.2, 0) is 0 Å². The summed E-state index contributed by atoms with van der Waals surface area (Å²) < 4.78 is 1.37. The predicted molar refractivity (Wildman–Crippen MR) is 118 cm³/mol. The molecule has 0 radical (unpaired) electrons. The quantitative estimate of drug-likeness (QED) is 0.558. The molecule has 1 saturated heterocycles. The summed E-state index contributed by atoms with van der Waals surface area (Å²) in [6.45, 7) is 28.8. The molecule has 4 aliphatic rings. The second-order valence-electron chi connectivity index (χ2n) is 12.2. The molecule has 0 N–H and O–H groups in total. The van der Waals surface area contributed by atoms with Crippen molar-refractivity contribution in [3.05, 3.63) is 0 Å². The monoisotopic (exact) mass is 377 g/mol. The molecule has 2 nitrogen and oxygen atoms in total. The van der Waals surface area contributed by atoms with E-state index in [1.54, 1.807) is 0 Å². The smallest absolute Gasteiger partial charge is 0.0907 e. The first-order valence-corrected chi connectivity index (χ1v) is 12.1. The van der Waals surface area contributed by atoms with E-state index in [4.69, 9.17) is 0 Å². The largest absolute Gasteiger partial charge is 0.319 e. The average Bonchev–Trinajstić information content (AvgIpc) is 3.01. The molecular formula is C25H49N2+. The molecule has 3 saturated carbocycles. The summed E-state index contributed by atoms with van der Waals surface area (Å²) in [6.07, 6.45) is 4.44. The van der Waals surface area contributed by atoms with Gasteiger partial charge in [0.2, 0.25) is 0 Å². The van der Waals surface area contributed by atoms with Crippen molar-refractivity contribution in [1.82, 2.24) is 4.90 Å². The fourth-order valence-electron chi connectivity index (χ4n) is 7.86. The number of fused-ring (bicyclic) bond motifs is 2. The van der Waals surface area contributed by atoms with Gasteiger partial charge >= 0.3 is 0 Å². The van der Waals surface area contributed by atoms with Gasteiger partial charge in [0.05, 0.1) is 25.2 Å². The lowest BCUT2D eigenvalue weighted by molar-refractivity contribution is -0.961. The molecule has 2 heteroatoms. The number of likely N-dealkylation sites (tertiary alicyclic amines) is 1. The summed E-state index contributed by atoms with van der Waals surface area (Å²) >= 11 is 0. The van der Waals surface area contributed by atoms with E-state index in [0.29, 0.717) is 11.1 Å². The molecule has 1 aliphatic heterocycles. The van der Waals surface area contributed by atoms with Crippen molar-refractivity contribution in [2.45, 2.75) is 92.7 Å². The lowest BCUT2D eigenvalue weighted by atomic mass is 9.50. The molecule has 0 aromatic heterocycles.